The molecule has 1 aromatic rings. The van der Waals surface area contributed by atoms with Crippen LogP contribution in [0, 0.1) is 0 Å². The normalized spacial score (nSPS) is 11.6. The van der Waals surface area contributed by atoms with Gasteiger partial charge in [0.05, 0.1) is 20.4 Å². The molecule has 0 fully saturated rings. The number of halogens is 3. The quantitative estimate of drug-likeness (QED) is 0.792. The highest BCUT2D eigenvalue weighted by atomic mass is 35.7. The summed E-state index contributed by atoms with van der Waals surface area (Å²) in [6, 6.07) is 0. The van der Waals surface area contributed by atoms with Crippen molar-refractivity contribution in [2.24, 2.45) is 0 Å². The van der Waals surface area contributed by atoms with Crippen molar-refractivity contribution in [1.29, 1.82) is 0 Å². The van der Waals surface area contributed by atoms with Crippen LogP contribution < -0.4 is 9.47 Å². The van der Waals surface area contributed by atoms with Crippen molar-refractivity contribution in [2.75, 3.05) is 14.2 Å². The number of aromatic nitrogens is 1. The van der Waals surface area contributed by atoms with Crippen LogP contribution >= 0.6 is 10.7 Å². The summed E-state index contributed by atoms with van der Waals surface area (Å²) in [5, 5.41) is -0.938. The van der Waals surface area contributed by atoms with Crippen molar-refractivity contribution in [2.45, 2.75) is 11.5 Å². The monoisotopic (exact) mass is 287 g/mol. The second-order valence-electron chi connectivity index (χ2n) is 2.82. The van der Waals surface area contributed by atoms with Crippen molar-refractivity contribution < 1.29 is 26.7 Å². The van der Waals surface area contributed by atoms with E-state index in [0.29, 0.717) is 0 Å². The van der Waals surface area contributed by atoms with E-state index in [1.807, 2.05) is 0 Å². The zero-order valence-corrected chi connectivity index (χ0v) is 10.3. The molecule has 0 atom stereocenters. The van der Waals surface area contributed by atoms with E-state index in [9.17, 15) is 17.2 Å². The average Bonchev–Trinajstić information content (AvgIpc) is 2.25. The van der Waals surface area contributed by atoms with Gasteiger partial charge < -0.3 is 9.47 Å². The Morgan fingerprint density at radius 3 is 2.29 bits per heavy atom. The van der Waals surface area contributed by atoms with Crippen LogP contribution in [0.25, 0.3) is 0 Å². The largest absolute Gasteiger partial charge is 0.492 e. The first-order valence-electron chi connectivity index (χ1n) is 4.16. The van der Waals surface area contributed by atoms with Gasteiger partial charge in [0, 0.05) is 10.7 Å². The standard InChI is InChI=1S/C8H8ClF2NO4S/c1-15-4-3-12-8(17(9,13)14)5(7(10)11)6(4)16-2/h3,7H,1-2H3. The molecule has 0 aliphatic heterocycles. The molecule has 0 radical (unpaired) electrons. The van der Waals surface area contributed by atoms with Crippen molar-refractivity contribution in [3.05, 3.63) is 11.8 Å². The summed E-state index contributed by atoms with van der Waals surface area (Å²) in [4.78, 5) is 3.35. The second kappa shape index (κ2) is 5.01. The van der Waals surface area contributed by atoms with Crippen LogP contribution in [0.15, 0.2) is 11.2 Å². The van der Waals surface area contributed by atoms with Gasteiger partial charge in [-0.15, -0.1) is 0 Å². The molecule has 1 aromatic heterocycles. The minimum absolute atomic E-state index is 0.105. The molecule has 5 nitrogen and oxygen atoms in total. The number of methoxy groups -OCH3 is 2. The van der Waals surface area contributed by atoms with Gasteiger partial charge in [-0.2, -0.15) is 0 Å². The lowest BCUT2D eigenvalue weighted by Gasteiger charge is -2.13. The van der Waals surface area contributed by atoms with E-state index < -0.39 is 31.8 Å². The van der Waals surface area contributed by atoms with E-state index in [1.54, 1.807) is 0 Å². The Kier molecular flexibility index (Phi) is 4.10. The van der Waals surface area contributed by atoms with E-state index in [4.69, 9.17) is 20.2 Å². The first-order chi connectivity index (χ1) is 7.82. The van der Waals surface area contributed by atoms with Gasteiger partial charge in [-0.3, -0.25) is 0 Å². The van der Waals surface area contributed by atoms with Crippen molar-refractivity contribution in [3.8, 4) is 11.5 Å². The molecular weight excluding hydrogens is 280 g/mol. The number of nitrogens with zero attached hydrogens (tertiary/aromatic N) is 1. The number of hydrogen-bond acceptors (Lipinski definition) is 5. The van der Waals surface area contributed by atoms with Crippen molar-refractivity contribution in [1.82, 2.24) is 4.98 Å². The maximum Gasteiger partial charge on any atom is 0.279 e. The number of pyridine rings is 1. The highest BCUT2D eigenvalue weighted by Gasteiger charge is 2.30. The van der Waals surface area contributed by atoms with Gasteiger partial charge in [-0.25, -0.2) is 22.2 Å². The van der Waals surface area contributed by atoms with Crippen molar-refractivity contribution in [3.63, 3.8) is 0 Å². The van der Waals surface area contributed by atoms with Gasteiger partial charge in [-0.05, 0) is 0 Å². The lowest BCUT2D eigenvalue weighted by molar-refractivity contribution is 0.141. The van der Waals surface area contributed by atoms with Crippen LogP contribution in [0.4, 0.5) is 8.78 Å². The summed E-state index contributed by atoms with van der Waals surface area (Å²) in [7, 11) is 2.94. The Labute approximate surface area is 101 Å². The Bertz CT molecular complexity index is 521. The fourth-order valence-electron chi connectivity index (χ4n) is 1.22. The minimum atomic E-state index is -4.39. The number of alkyl halides is 2. The molecule has 96 valence electrons. The Balaban J connectivity index is 3.66. The zero-order valence-electron chi connectivity index (χ0n) is 8.78. The highest BCUT2D eigenvalue weighted by molar-refractivity contribution is 8.13. The van der Waals surface area contributed by atoms with Gasteiger partial charge in [0.25, 0.3) is 15.5 Å². The molecule has 17 heavy (non-hydrogen) atoms. The highest BCUT2D eigenvalue weighted by Crippen LogP contribution is 2.40. The van der Waals surface area contributed by atoms with E-state index in [2.05, 4.69) is 4.98 Å². The predicted molar refractivity (Wildman–Crippen MR) is 55.3 cm³/mol. The number of hydrogen-bond donors (Lipinski definition) is 0. The summed E-state index contributed by atoms with van der Waals surface area (Å²) in [6.45, 7) is 0. The molecular formula is C8H8ClF2NO4S. The van der Waals surface area contributed by atoms with Crippen LogP contribution in [-0.4, -0.2) is 27.6 Å². The fourth-order valence-corrected chi connectivity index (χ4v) is 2.21. The van der Waals surface area contributed by atoms with E-state index >= 15 is 0 Å². The summed E-state index contributed by atoms with van der Waals surface area (Å²) in [5.41, 5.74) is -0.915. The second-order valence-corrected chi connectivity index (χ2v) is 5.30. The average molecular weight is 288 g/mol. The van der Waals surface area contributed by atoms with E-state index in [-0.39, 0.29) is 5.75 Å². The Morgan fingerprint density at radius 2 is 1.94 bits per heavy atom. The molecule has 0 spiro atoms. The third kappa shape index (κ3) is 2.75. The molecule has 1 rings (SSSR count). The van der Waals surface area contributed by atoms with Crippen LogP contribution in [-0.2, 0) is 9.05 Å². The predicted octanol–water partition coefficient (Wildman–Crippen LogP) is 1.96. The number of ether oxygens (including phenoxy) is 2. The van der Waals surface area contributed by atoms with Gasteiger partial charge >= 0.3 is 0 Å². The molecule has 0 N–H and O–H groups in total. The summed E-state index contributed by atoms with van der Waals surface area (Å²) >= 11 is 0. The van der Waals surface area contributed by atoms with Crippen LogP contribution in [0.3, 0.4) is 0 Å². The third-order valence-corrected chi connectivity index (χ3v) is 3.10. The SMILES string of the molecule is COc1cnc(S(=O)(=O)Cl)c(C(F)F)c1OC. The van der Waals surface area contributed by atoms with Crippen molar-refractivity contribution >= 4 is 19.7 Å². The van der Waals surface area contributed by atoms with Crippen LogP contribution in [0.5, 0.6) is 11.5 Å². The maximum absolute atomic E-state index is 12.8. The van der Waals surface area contributed by atoms with Crippen LogP contribution in [0.1, 0.15) is 12.0 Å². The topological polar surface area (TPSA) is 65.5 Å². The van der Waals surface area contributed by atoms with Gasteiger partial charge in [-0.1, -0.05) is 0 Å². The molecule has 0 saturated heterocycles. The molecule has 0 aliphatic rings. The summed E-state index contributed by atoms with van der Waals surface area (Å²) in [5.74, 6) is -0.511. The fraction of sp³-hybridized carbons (Fsp3) is 0.375. The molecule has 0 unspecified atom stereocenters. The van der Waals surface area contributed by atoms with Gasteiger partial charge in [0.1, 0.15) is 5.56 Å². The lowest BCUT2D eigenvalue weighted by Crippen LogP contribution is -2.06. The number of rotatable bonds is 4. The molecule has 0 aliphatic carbocycles. The molecule has 0 aromatic carbocycles. The molecule has 9 heteroatoms. The first kappa shape index (κ1) is 13.9. The first-order valence-corrected chi connectivity index (χ1v) is 6.47. The lowest BCUT2D eigenvalue weighted by atomic mass is 10.2. The molecule has 1 heterocycles. The third-order valence-electron chi connectivity index (χ3n) is 1.87. The minimum Gasteiger partial charge on any atom is -0.492 e. The molecule has 0 bridgehead atoms. The summed E-state index contributed by atoms with van der Waals surface area (Å²) < 4.78 is 57.3. The van der Waals surface area contributed by atoms with E-state index in [0.717, 1.165) is 13.3 Å². The van der Waals surface area contributed by atoms with Gasteiger partial charge in [0.15, 0.2) is 16.5 Å². The molecule has 0 saturated carbocycles. The zero-order chi connectivity index (χ0) is 13.2. The summed E-state index contributed by atoms with van der Waals surface area (Å²) in [6.07, 6.45) is -2.17. The maximum atomic E-state index is 12.8. The van der Waals surface area contributed by atoms with Crippen LogP contribution in [0.2, 0.25) is 0 Å². The van der Waals surface area contributed by atoms with Gasteiger partial charge in [0.2, 0.25) is 0 Å². The molecule has 0 amide bonds. The smallest absolute Gasteiger partial charge is 0.279 e. The van der Waals surface area contributed by atoms with E-state index in [1.165, 1.54) is 7.11 Å². The Hall–Kier alpha value is -1.15. The Morgan fingerprint density at radius 1 is 1.35 bits per heavy atom.